The Kier molecular flexibility index (Phi) is 20.8. The highest BCUT2D eigenvalue weighted by Gasteiger charge is 2.14. The van der Waals surface area contributed by atoms with Gasteiger partial charge in [-0.3, -0.25) is 0 Å². The van der Waals surface area contributed by atoms with Crippen molar-refractivity contribution in [1.82, 2.24) is 0 Å². The van der Waals surface area contributed by atoms with Gasteiger partial charge in [-0.05, 0) is 72.4 Å². The van der Waals surface area contributed by atoms with Gasteiger partial charge in [0.1, 0.15) is 0 Å². The van der Waals surface area contributed by atoms with Crippen LogP contribution in [0.4, 0.5) is 0 Å². The van der Waals surface area contributed by atoms with Crippen molar-refractivity contribution in [2.24, 2.45) is 0 Å². The lowest BCUT2D eigenvalue weighted by atomic mass is 9.90. The van der Waals surface area contributed by atoms with Gasteiger partial charge in [-0.1, -0.05) is 117 Å². The van der Waals surface area contributed by atoms with Gasteiger partial charge in [0.05, 0.1) is 4.11 Å². The summed E-state index contributed by atoms with van der Waals surface area (Å²) in [6, 6.07) is 5.24. The zero-order valence-corrected chi connectivity index (χ0v) is 26.6. The van der Waals surface area contributed by atoms with E-state index in [0.717, 1.165) is 11.1 Å². The molecule has 3 heterocycles. The van der Waals surface area contributed by atoms with E-state index in [1.807, 2.05) is 69.8 Å². The van der Waals surface area contributed by atoms with Crippen molar-refractivity contribution in [3.63, 3.8) is 0 Å². The Balaban J connectivity index is -0.000000197. The molecule has 0 unspecified atom stereocenters. The molecule has 200 valence electrons. The van der Waals surface area contributed by atoms with Crippen molar-refractivity contribution in [3.8, 4) is 0 Å². The molecule has 0 radical (unpaired) electrons. The lowest BCUT2D eigenvalue weighted by Crippen LogP contribution is -2.08. The summed E-state index contributed by atoms with van der Waals surface area (Å²) >= 11 is 4.77. The lowest BCUT2D eigenvalue weighted by molar-refractivity contribution is 0.592. The minimum absolute atomic E-state index is 0. The Morgan fingerprint density at radius 3 is 1.29 bits per heavy atom. The van der Waals surface area contributed by atoms with E-state index in [1.54, 1.807) is 22.7 Å². The second kappa shape index (κ2) is 21.4. The molecule has 3 aromatic heterocycles. The Hall–Kier alpha value is -0.900. The van der Waals surface area contributed by atoms with E-state index in [0.29, 0.717) is 17.4 Å². The number of hydrogen-bond donors (Lipinski definition) is 0. The second-order valence-electron chi connectivity index (χ2n) is 9.51. The first-order valence-electron chi connectivity index (χ1n) is 13.7. The zero-order valence-electron chi connectivity index (χ0n) is 27.2. The summed E-state index contributed by atoms with van der Waals surface area (Å²) in [7, 11) is 0. The molecule has 0 atom stereocenters. The third-order valence-corrected chi connectivity index (χ3v) is 6.18. The minimum Gasteiger partial charge on any atom is -0.152 e. The normalized spacial score (nSPS) is 11.2. The highest BCUT2D eigenvalue weighted by atomic mass is 32.1. The van der Waals surface area contributed by atoms with Gasteiger partial charge in [0, 0.05) is 4.88 Å². The molecule has 0 aliphatic heterocycles. The summed E-state index contributed by atoms with van der Waals surface area (Å²) in [6.45, 7) is 31.2. The molecule has 3 heteroatoms. The molecule has 0 saturated heterocycles. The lowest BCUT2D eigenvalue weighted by Gasteiger charge is -2.15. The van der Waals surface area contributed by atoms with Crippen LogP contribution in [0, 0.1) is 0 Å². The first kappa shape index (κ1) is 33.1. The van der Waals surface area contributed by atoms with Crippen LogP contribution in [0.15, 0.2) is 51.1 Å². The molecule has 0 nitrogen and oxygen atoms in total. The molecular formula is C31H58S3. The molecular weight excluding hydrogens is 469 g/mol. The third kappa shape index (κ3) is 19.4. The molecule has 0 aromatic carbocycles. The summed E-state index contributed by atoms with van der Waals surface area (Å²) < 4.78 is 22.6. The monoisotopic (exact) mass is 529 g/mol. The predicted molar refractivity (Wildman–Crippen MR) is 170 cm³/mol. The Labute approximate surface area is 232 Å². The van der Waals surface area contributed by atoms with Crippen LogP contribution in [-0.4, -0.2) is 0 Å². The Morgan fingerprint density at radius 2 is 1.12 bits per heavy atom. The standard InChI is InChI=1S/3C8H12S.3C2H6.CH4/c2*1-8(2,3)7-4-5-9-6-7;1-8(2,3)7-5-4-6-9-7;3*1-2;/h3*4-6H,1-3H3;3*1-2H3;1H4/i6D;4D;5D;;;;. The Bertz CT molecular complexity index is 780. The maximum absolute atomic E-state index is 7.52. The molecule has 3 aromatic rings. The predicted octanol–water partition coefficient (Wildman–Crippen LogP) is 12.9. The highest BCUT2D eigenvalue weighted by Crippen LogP contribution is 2.26. The van der Waals surface area contributed by atoms with Crippen LogP contribution in [0.5, 0.6) is 0 Å². The van der Waals surface area contributed by atoms with Crippen molar-refractivity contribution in [3.05, 3.63) is 67.1 Å². The third-order valence-electron chi connectivity index (χ3n) is 3.71. The van der Waals surface area contributed by atoms with Crippen LogP contribution >= 0.6 is 34.0 Å². The van der Waals surface area contributed by atoms with Gasteiger partial charge in [0.15, 0.2) is 0 Å². The molecule has 34 heavy (non-hydrogen) atoms. The largest absolute Gasteiger partial charge is 0.152 e. The smallest absolute Gasteiger partial charge is 0.0743 e. The van der Waals surface area contributed by atoms with Crippen molar-refractivity contribution in [1.29, 1.82) is 0 Å². The number of thiophene rings is 3. The van der Waals surface area contributed by atoms with Gasteiger partial charge in [0.25, 0.3) is 0 Å². The first-order valence-corrected chi connectivity index (χ1v) is 14.9. The van der Waals surface area contributed by atoms with Gasteiger partial charge in [-0.15, -0.1) is 11.3 Å². The van der Waals surface area contributed by atoms with E-state index < -0.39 is 0 Å². The van der Waals surface area contributed by atoms with Crippen LogP contribution in [0.2, 0.25) is 0 Å². The van der Waals surface area contributed by atoms with Crippen molar-refractivity contribution >= 4 is 34.0 Å². The summed E-state index contributed by atoms with van der Waals surface area (Å²) in [5, 5.41) is 8.59. The summed E-state index contributed by atoms with van der Waals surface area (Å²) in [5.41, 5.74) is 2.72. The first-order chi connectivity index (χ1) is 16.5. The summed E-state index contributed by atoms with van der Waals surface area (Å²) in [6.07, 6.45) is 0. The average molecular weight is 530 g/mol. The summed E-state index contributed by atoms with van der Waals surface area (Å²) in [4.78, 5) is 1.17. The molecule has 0 amide bonds. The molecule has 0 N–H and O–H groups in total. The average Bonchev–Trinajstić information content (AvgIpc) is 3.53. The van der Waals surface area contributed by atoms with Crippen LogP contribution in [-0.2, 0) is 16.2 Å². The van der Waals surface area contributed by atoms with E-state index in [4.69, 9.17) is 4.11 Å². The second-order valence-corrected chi connectivity index (χ2v) is 11.9. The van der Waals surface area contributed by atoms with E-state index in [-0.39, 0.29) is 23.7 Å². The van der Waals surface area contributed by atoms with Gasteiger partial charge in [-0.2, -0.15) is 22.7 Å². The van der Waals surface area contributed by atoms with Crippen molar-refractivity contribution in [2.75, 3.05) is 0 Å². The van der Waals surface area contributed by atoms with E-state index >= 15 is 0 Å². The Morgan fingerprint density at radius 1 is 0.618 bits per heavy atom. The molecule has 0 spiro atoms. The van der Waals surface area contributed by atoms with Crippen molar-refractivity contribution < 1.29 is 4.11 Å². The van der Waals surface area contributed by atoms with Crippen LogP contribution in [0.25, 0.3) is 0 Å². The van der Waals surface area contributed by atoms with Crippen LogP contribution in [0.3, 0.4) is 0 Å². The quantitative estimate of drug-likeness (QED) is 0.271. The van der Waals surface area contributed by atoms with Crippen molar-refractivity contribution in [2.45, 2.75) is 128 Å². The highest BCUT2D eigenvalue weighted by molar-refractivity contribution is 7.10. The van der Waals surface area contributed by atoms with E-state index in [9.17, 15) is 0 Å². The van der Waals surface area contributed by atoms with E-state index in [1.165, 1.54) is 16.2 Å². The van der Waals surface area contributed by atoms with Crippen LogP contribution < -0.4 is 0 Å². The van der Waals surface area contributed by atoms with E-state index in [2.05, 4.69) is 67.7 Å². The fourth-order valence-corrected chi connectivity index (χ4v) is 4.26. The van der Waals surface area contributed by atoms with Gasteiger partial charge < -0.3 is 0 Å². The maximum atomic E-state index is 7.52. The molecule has 3 rings (SSSR count). The molecule has 0 fully saturated rings. The molecule has 0 bridgehead atoms. The molecule has 0 saturated carbocycles. The number of hydrogen-bond acceptors (Lipinski definition) is 3. The fraction of sp³-hybridized carbons (Fsp3) is 0.613. The SMILES string of the molecule is C.CC.CC.CC.[2H]c1ccsc1C(C)(C)C.[2H]c1cscc1C(C)(C)C.[2H]c1sccc1C(C)(C)C. The minimum atomic E-state index is 0. The zero-order chi connectivity index (χ0) is 29.3. The fourth-order valence-electron chi connectivity index (χ4n) is 1.90. The van der Waals surface area contributed by atoms with Gasteiger partial charge in [-0.25, -0.2) is 0 Å². The maximum Gasteiger partial charge on any atom is 0.0743 e. The molecule has 0 aliphatic carbocycles. The van der Waals surface area contributed by atoms with Crippen LogP contribution in [0.1, 0.15) is 131 Å². The van der Waals surface area contributed by atoms with Gasteiger partial charge >= 0.3 is 0 Å². The van der Waals surface area contributed by atoms with Gasteiger partial charge in [0.2, 0.25) is 0 Å². The number of rotatable bonds is 0. The topological polar surface area (TPSA) is 0 Å². The molecule has 0 aliphatic rings. The summed E-state index contributed by atoms with van der Waals surface area (Å²) in [5.74, 6) is 0.